The number of carboxylic acids is 1. The number of aryl methyl sites for hydroxylation is 1. The number of carboxylic acid groups (broad SMARTS) is 1. The van der Waals surface area contributed by atoms with Gasteiger partial charge in [0, 0.05) is 16.6 Å². The summed E-state index contributed by atoms with van der Waals surface area (Å²) in [5.41, 5.74) is 1.37. The van der Waals surface area contributed by atoms with Gasteiger partial charge in [-0.2, -0.15) is 0 Å². The summed E-state index contributed by atoms with van der Waals surface area (Å²) in [4.78, 5) is 23.4. The summed E-state index contributed by atoms with van der Waals surface area (Å²) in [7, 11) is 0. The molecule has 2 N–H and O–H groups in total. The number of amides is 1. The van der Waals surface area contributed by atoms with E-state index in [1.165, 1.54) is 0 Å². The Morgan fingerprint density at radius 1 is 1.30 bits per heavy atom. The van der Waals surface area contributed by atoms with Gasteiger partial charge in [0.25, 0.3) is 5.91 Å². The average molecular weight is 296 g/mol. The van der Waals surface area contributed by atoms with E-state index in [-0.39, 0.29) is 11.9 Å². The van der Waals surface area contributed by atoms with Crippen molar-refractivity contribution in [3.63, 3.8) is 0 Å². The number of carbonyl (C=O) groups is 2. The van der Waals surface area contributed by atoms with E-state index in [0.29, 0.717) is 23.4 Å². The van der Waals surface area contributed by atoms with E-state index in [1.807, 2.05) is 6.92 Å². The molecule has 1 aliphatic carbocycles. The monoisotopic (exact) mass is 295 g/mol. The van der Waals surface area contributed by atoms with Crippen LogP contribution in [0, 0.1) is 12.8 Å². The van der Waals surface area contributed by atoms with Gasteiger partial charge in [-0.05, 0) is 37.5 Å². The maximum absolute atomic E-state index is 12.2. The zero-order valence-corrected chi connectivity index (χ0v) is 12.1. The fraction of sp³-hybridized carbons (Fsp3) is 0.467. The van der Waals surface area contributed by atoms with Crippen LogP contribution in [0.2, 0.25) is 5.02 Å². The van der Waals surface area contributed by atoms with Crippen molar-refractivity contribution in [3.05, 3.63) is 34.3 Å². The number of hydrogen-bond donors (Lipinski definition) is 2. The SMILES string of the molecule is Cc1ccc(C(=O)NC2CCCCC2C(=O)O)cc1Cl. The molecule has 1 fully saturated rings. The molecule has 0 aliphatic heterocycles. The maximum Gasteiger partial charge on any atom is 0.308 e. The number of nitrogens with one attached hydrogen (secondary N) is 1. The molecule has 0 radical (unpaired) electrons. The van der Waals surface area contributed by atoms with E-state index < -0.39 is 11.9 Å². The molecule has 0 heterocycles. The first-order valence-electron chi connectivity index (χ1n) is 6.79. The lowest BCUT2D eigenvalue weighted by Gasteiger charge is -2.29. The van der Waals surface area contributed by atoms with Crippen LogP contribution in [0.4, 0.5) is 0 Å². The highest BCUT2D eigenvalue weighted by Gasteiger charge is 2.31. The molecular weight excluding hydrogens is 278 g/mol. The molecular formula is C15H18ClNO3. The second kappa shape index (κ2) is 6.27. The van der Waals surface area contributed by atoms with Gasteiger partial charge in [0.15, 0.2) is 0 Å². The third-order valence-corrected chi connectivity index (χ3v) is 4.24. The highest BCUT2D eigenvalue weighted by atomic mass is 35.5. The molecule has 20 heavy (non-hydrogen) atoms. The van der Waals surface area contributed by atoms with Gasteiger partial charge in [-0.1, -0.05) is 30.5 Å². The zero-order valence-electron chi connectivity index (χ0n) is 11.4. The van der Waals surface area contributed by atoms with Crippen molar-refractivity contribution < 1.29 is 14.7 Å². The molecule has 4 nitrogen and oxygen atoms in total. The Kier molecular flexibility index (Phi) is 4.65. The normalized spacial score (nSPS) is 22.3. The third-order valence-electron chi connectivity index (χ3n) is 3.83. The van der Waals surface area contributed by atoms with E-state index >= 15 is 0 Å². The number of aliphatic carboxylic acids is 1. The van der Waals surface area contributed by atoms with E-state index in [4.69, 9.17) is 11.6 Å². The molecule has 2 rings (SSSR count). The van der Waals surface area contributed by atoms with Gasteiger partial charge >= 0.3 is 5.97 Å². The van der Waals surface area contributed by atoms with Gasteiger partial charge in [0.05, 0.1) is 5.92 Å². The topological polar surface area (TPSA) is 66.4 Å². The largest absolute Gasteiger partial charge is 0.481 e. The van der Waals surface area contributed by atoms with Crippen LogP contribution in [0.5, 0.6) is 0 Å². The Hall–Kier alpha value is -1.55. The number of rotatable bonds is 3. The molecule has 1 aromatic rings. The van der Waals surface area contributed by atoms with Gasteiger partial charge < -0.3 is 10.4 Å². The molecule has 2 atom stereocenters. The van der Waals surface area contributed by atoms with E-state index in [0.717, 1.165) is 18.4 Å². The molecule has 5 heteroatoms. The molecule has 1 aromatic carbocycles. The second-order valence-electron chi connectivity index (χ2n) is 5.27. The first kappa shape index (κ1) is 14.9. The van der Waals surface area contributed by atoms with Crippen LogP contribution in [-0.4, -0.2) is 23.0 Å². The lowest BCUT2D eigenvalue weighted by Crippen LogP contribution is -2.45. The van der Waals surface area contributed by atoms with Gasteiger partial charge in [-0.15, -0.1) is 0 Å². The van der Waals surface area contributed by atoms with Crippen LogP contribution in [0.25, 0.3) is 0 Å². The van der Waals surface area contributed by atoms with Gasteiger partial charge in [0.2, 0.25) is 0 Å². The Bertz CT molecular complexity index is 530. The van der Waals surface area contributed by atoms with Crippen LogP contribution in [-0.2, 0) is 4.79 Å². The molecule has 0 bridgehead atoms. The van der Waals surface area contributed by atoms with Crippen molar-refractivity contribution in [2.45, 2.75) is 38.6 Å². The minimum absolute atomic E-state index is 0.259. The van der Waals surface area contributed by atoms with Crippen molar-refractivity contribution >= 4 is 23.5 Å². The fourth-order valence-corrected chi connectivity index (χ4v) is 2.77. The number of halogens is 1. The highest BCUT2D eigenvalue weighted by molar-refractivity contribution is 6.31. The summed E-state index contributed by atoms with van der Waals surface area (Å²) in [5.74, 6) is -1.59. The Balaban J connectivity index is 2.09. The number of benzene rings is 1. The van der Waals surface area contributed by atoms with Gasteiger partial charge in [-0.25, -0.2) is 0 Å². The van der Waals surface area contributed by atoms with Crippen molar-refractivity contribution in [3.8, 4) is 0 Å². The van der Waals surface area contributed by atoms with Crippen LogP contribution < -0.4 is 5.32 Å². The smallest absolute Gasteiger partial charge is 0.308 e. The van der Waals surface area contributed by atoms with Gasteiger partial charge in [-0.3, -0.25) is 9.59 Å². The lowest BCUT2D eigenvalue weighted by atomic mass is 9.84. The summed E-state index contributed by atoms with van der Waals surface area (Å²) in [6, 6.07) is 4.81. The molecule has 0 aromatic heterocycles. The van der Waals surface area contributed by atoms with E-state index in [2.05, 4.69) is 5.32 Å². The quantitative estimate of drug-likeness (QED) is 0.901. The molecule has 0 saturated heterocycles. The summed E-state index contributed by atoms with van der Waals surface area (Å²) < 4.78 is 0. The molecule has 1 amide bonds. The van der Waals surface area contributed by atoms with E-state index in [9.17, 15) is 14.7 Å². The van der Waals surface area contributed by atoms with Crippen molar-refractivity contribution in [2.75, 3.05) is 0 Å². The first-order valence-corrected chi connectivity index (χ1v) is 7.16. The summed E-state index contributed by atoms with van der Waals surface area (Å²) >= 11 is 6.01. The van der Waals surface area contributed by atoms with Crippen molar-refractivity contribution in [1.82, 2.24) is 5.32 Å². The van der Waals surface area contributed by atoms with Crippen LogP contribution in [0.15, 0.2) is 18.2 Å². The predicted octanol–water partition coefficient (Wildman–Crippen LogP) is 3.02. The predicted molar refractivity (Wildman–Crippen MR) is 77.0 cm³/mol. The van der Waals surface area contributed by atoms with Crippen LogP contribution in [0.1, 0.15) is 41.6 Å². The Labute approximate surface area is 123 Å². The summed E-state index contributed by atoms with van der Waals surface area (Å²) in [5, 5.41) is 12.6. The van der Waals surface area contributed by atoms with Crippen LogP contribution in [0.3, 0.4) is 0 Å². The van der Waals surface area contributed by atoms with Crippen molar-refractivity contribution in [1.29, 1.82) is 0 Å². The zero-order chi connectivity index (χ0) is 14.7. The average Bonchev–Trinajstić information content (AvgIpc) is 2.42. The van der Waals surface area contributed by atoms with Crippen molar-refractivity contribution in [2.24, 2.45) is 5.92 Å². The molecule has 0 spiro atoms. The minimum atomic E-state index is -0.836. The third kappa shape index (κ3) is 3.31. The highest BCUT2D eigenvalue weighted by Crippen LogP contribution is 2.25. The molecule has 1 saturated carbocycles. The minimum Gasteiger partial charge on any atom is -0.481 e. The van der Waals surface area contributed by atoms with Crippen LogP contribution >= 0.6 is 11.6 Å². The number of hydrogen-bond acceptors (Lipinski definition) is 2. The lowest BCUT2D eigenvalue weighted by molar-refractivity contribution is -0.143. The molecule has 1 aliphatic rings. The summed E-state index contributed by atoms with van der Waals surface area (Å²) in [6.45, 7) is 1.87. The Morgan fingerprint density at radius 3 is 2.65 bits per heavy atom. The van der Waals surface area contributed by atoms with E-state index in [1.54, 1.807) is 18.2 Å². The first-order chi connectivity index (χ1) is 9.49. The maximum atomic E-state index is 12.2. The standard InChI is InChI=1S/C15H18ClNO3/c1-9-6-7-10(8-12(9)16)14(18)17-13-5-3-2-4-11(13)15(19)20/h6-8,11,13H,2-5H2,1H3,(H,17,18)(H,19,20). The number of carbonyl (C=O) groups excluding carboxylic acids is 1. The fourth-order valence-electron chi connectivity index (χ4n) is 2.59. The molecule has 2 unspecified atom stereocenters. The Morgan fingerprint density at radius 2 is 2.00 bits per heavy atom. The summed E-state index contributed by atoms with van der Waals surface area (Å²) in [6.07, 6.45) is 3.18. The second-order valence-corrected chi connectivity index (χ2v) is 5.68. The van der Waals surface area contributed by atoms with Gasteiger partial charge in [0.1, 0.15) is 0 Å². The molecule has 108 valence electrons.